The van der Waals surface area contributed by atoms with Crippen LogP contribution in [0.1, 0.15) is 36.1 Å². The Morgan fingerprint density at radius 3 is 3.00 bits per heavy atom. The van der Waals surface area contributed by atoms with Crippen LogP contribution in [0.5, 0.6) is 0 Å². The van der Waals surface area contributed by atoms with Gasteiger partial charge in [0.2, 0.25) is 0 Å². The zero-order valence-electron chi connectivity index (χ0n) is 15.5. The fourth-order valence-corrected chi connectivity index (χ4v) is 3.90. The zero-order valence-corrected chi connectivity index (χ0v) is 16.3. The van der Waals surface area contributed by atoms with Gasteiger partial charge in [0.15, 0.2) is 0 Å². The third-order valence-corrected chi connectivity index (χ3v) is 5.23. The molecular weight excluding hydrogens is 364 g/mol. The van der Waals surface area contributed by atoms with Gasteiger partial charge in [-0.1, -0.05) is 11.6 Å². The summed E-state index contributed by atoms with van der Waals surface area (Å²) in [7, 11) is 0. The molecule has 27 heavy (non-hydrogen) atoms. The number of imidazole rings is 1. The van der Waals surface area contributed by atoms with Crippen molar-refractivity contribution < 1.29 is 4.79 Å². The number of aromatic amines is 1. The van der Waals surface area contributed by atoms with Gasteiger partial charge in [-0.05, 0) is 51.0 Å². The number of nitrogens with one attached hydrogen (secondary N) is 2. The highest BCUT2D eigenvalue weighted by Gasteiger charge is 2.32. The van der Waals surface area contributed by atoms with Gasteiger partial charge >= 0.3 is 6.03 Å². The molecule has 0 bridgehead atoms. The van der Waals surface area contributed by atoms with Crippen LogP contribution in [0.2, 0.25) is 5.02 Å². The van der Waals surface area contributed by atoms with E-state index < -0.39 is 0 Å². The van der Waals surface area contributed by atoms with E-state index in [1.165, 1.54) is 0 Å². The number of likely N-dealkylation sites (tertiary alicyclic amines) is 1. The third-order valence-electron chi connectivity index (χ3n) is 4.99. The molecule has 4 rings (SSSR count). The summed E-state index contributed by atoms with van der Waals surface area (Å²) in [6.45, 7) is 5.92. The number of benzene rings is 1. The zero-order chi connectivity index (χ0) is 19.0. The molecule has 1 fully saturated rings. The number of carbonyl (C=O) groups excluding carboxylic acids is 1. The average molecular weight is 387 g/mol. The average Bonchev–Trinajstić information content (AvgIpc) is 3.32. The molecule has 0 radical (unpaired) electrons. The van der Waals surface area contributed by atoms with Gasteiger partial charge in [0.1, 0.15) is 5.82 Å². The predicted molar refractivity (Wildman–Crippen MR) is 105 cm³/mol. The number of carbonyl (C=O) groups is 1. The molecule has 1 aromatic carbocycles. The molecule has 1 aliphatic heterocycles. The molecule has 0 aliphatic carbocycles. The minimum absolute atomic E-state index is 0.0372. The van der Waals surface area contributed by atoms with E-state index in [0.29, 0.717) is 18.1 Å². The van der Waals surface area contributed by atoms with Crippen LogP contribution >= 0.6 is 11.6 Å². The summed E-state index contributed by atoms with van der Waals surface area (Å²) in [4.78, 5) is 22.5. The highest BCUT2D eigenvalue weighted by molar-refractivity contribution is 6.31. The Hall–Kier alpha value is -2.54. The van der Waals surface area contributed by atoms with Crippen molar-refractivity contribution in [3.63, 3.8) is 0 Å². The Morgan fingerprint density at radius 2 is 2.22 bits per heavy atom. The van der Waals surface area contributed by atoms with Gasteiger partial charge in [0.25, 0.3) is 0 Å². The SMILES string of the molecule is Cc1cc(C)n(CCNC(=O)N2CCC[C@H]2c2nc3ccc(Cl)cc3[nH]2)n1. The number of H-pyrrole nitrogens is 1. The molecular formula is C19H23ClN6O. The molecule has 1 atom stereocenters. The molecule has 2 amide bonds. The molecule has 7 nitrogen and oxygen atoms in total. The van der Waals surface area contributed by atoms with Gasteiger partial charge in [-0.2, -0.15) is 5.10 Å². The van der Waals surface area contributed by atoms with Crippen molar-refractivity contribution in [2.24, 2.45) is 0 Å². The van der Waals surface area contributed by atoms with Crippen molar-refractivity contribution >= 4 is 28.7 Å². The van der Waals surface area contributed by atoms with E-state index in [9.17, 15) is 4.79 Å². The first-order valence-corrected chi connectivity index (χ1v) is 9.60. The van der Waals surface area contributed by atoms with Crippen LogP contribution in [0.4, 0.5) is 4.79 Å². The van der Waals surface area contributed by atoms with Crippen LogP contribution in [0, 0.1) is 13.8 Å². The van der Waals surface area contributed by atoms with Gasteiger partial charge < -0.3 is 15.2 Å². The first-order valence-electron chi connectivity index (χ1n) is 9.22. The first-order chi connectivity index (χ1) is 13.0. The summed E-state index contributed by atoms with van der Waals surface area (Å²) in [5, 5.41) is 8.11. The topological polar surface area (TPSA) is 78.8 Å². The third kappa shape index (κ3) is 3.64. The maximum atomic E-state index is 12.7. The van der Waals surface area contributed by atoms with Gasteiger partial charge in [-0.25, -0.2) is 9.78 Å². The highest BCUT2D eigenvalue weighted by atomic mass is 35.5. The molecule has 3 aromatic rings. The summed E-state index contributed by atoms with van der Waals surface area (Å²) < 4.78 is 1.92. The van der Waals surface area contributed by atoms with Crippen molar-refractivity contribution in [2.75, 3.05) is 13.1 Å². The van der Waals surface area contributed by atoms with Crippen molar-refractivity contribution in [1.82, 2.24) is 30.0 Å². The maximum absolute atomic E-state index is 12.7. The Kier molecular flexibility index (Phi) is 4.78. The quantitative estimate of drug-likeness (QED) is 0.719. The normalized spacial score (nSPS) is 17.0. The Bertz CT molecular complexity index is 978. The van der Waals surface area contributed by atoms with E-state index in [1.807, 2.05) is 47.7 Å². The second-order valence-corrected chi connectivity index (χ2v) is 7.45. The summed E-state index contributed by atoms with van der Waals surface area (Å²) in [5.41, 5.74) is 3.85. The molecule has 8 heteroatoms. The molecule has 0 spiro atoms. The van der Waals surface area contributed by atoms with E-state index in [1.54, 1.807) is 0 Å². The number of urea groups is 1. The number of amides is 2. The van der Waals surface area contributed by atoms with Gasteiger partial charge in [0, 0.05) is 23.8 Å². The van der Waals surface area contributed by atoms with Gasteiger partial charge in [-0.15, -0.1) is 0 Å². The Labute approximate surface area is 162 Å². The Morgan fingerprint density at radius 1 is 1.37 bits per heavy atom. The lowest BCUT2D eigenvalue weighted by Gasteiger charge is -2.23. The molecule has 1 saturated heterocycles. The van der Waals surface area contributed by atoms with E-state index in [0.717, 1.165) is 47.6 Å². The molecule has 2 N–H and O–H groups in total. The van der Waals surface area contributed by atoms with Crippen LogP contribution in [0.15, 0.2) is 24.3 Å². The van der Waals surface area contributed by atoms with Crippen LogP contribution in [-0.4, -0.2) is 43.8 Å². The molecule has 1 aliphatic rings. The number of nitrogens with zero attached hydrogens (tertiary/aromatic N) is 4. The number of aryl methyl sites for hydroxylation is 2. The lowest BCUT2D eigenvalue weighted by atomic mass is 10.2. The second kappa shape index (κ2) is 7.23. The fraction of sp³-hybridized carbons (Fsp3) is 0.421. The monoisotopic (exact) mass is 386 g/mol. The summed E-state index contributed by atoms with van der Waals surface area (Å²) in [6, 6.07) is 7.52. The summed E-state index contributed by atoms with van der Waals surface area (Å²) in [6.07, 6.45) is 1.87. The van der Waals surface area contributed by atoms with Crippen molar-refractivity contribution in [1.29, 1.82) is 0 Å². The van der Waals surface area contributed by atoms with E-state index in [2.05, 4.69) is 20.4 Å². The lowest BCUT2D eigenvalue weighted by molar-refractivity contribution is 0.190. The van der Waals surface area contributed by atoms with E-state index in [-0.39, 0.29) is 12.1 Å². The summed E-state index contributed by atoms with van der Waals surface area (Å²) in [5.74, 6) is 0.818. The lowest BCUT2D eigenvalue weighted by Crippen LogP contribution is -2.41. The molecule has 3 heterocycles. The van der Waals surface area contributed by atoms with Crippen LogP contribution in [0.25, 0.3) is 11.0 Å². The first kappa shape index (κ1) is 17.9. The molecule has 2 aromatic heterocycles. The van der Waals surface area contributed by atoms with Gasteiger partial charge in [-0.3, -0.25) is 4.68 Å². The number of fused-ring (bicyclic) bond motifs is 1. The molecule has 142 valence electrons. The standard InChI is InChI=1S/C19H23ClN6O/c1-12-10-13(2)26(24-12)9-7-21-19(27)25-8-3-4-17(25)18-22-15-6-5-14(20)11-16(15)23-18/h5-6,10-11,17H,3-4,7-9H2,1-2H3,(H,21,27)(H,22,23)/t17-/m0/s1. The number of hydrogen-bond donors (Lipinski definition) is 2. The van der Waals surface area contributed by atoms with E-state index >= 15 is 0 Å². The maximum Gasteiger partial charge on any atom is 0.318 e. The summed E-state index contributed by atoms with van der Waals surface area (Å²) >= 11 is 6.06. The van der Waals surface area contributed by atoms with Crippen molar-refractivity contribution in [3.8, 4) is 0 Å². The number of rotatable bonds is 4. The van der Waals surface area contributed by atoms with E-state index in [4.69, 9.17) is 11.6 Å². The van der Waals surface area contributed by atoms with Crippen LogP contribution < -0.4 is 5.32 Å². The minimum Gasteiger partial charge on any atom is -0.340 e. The highest BCUT2D eigenvalue weighted by Crippen LogP contribution is 2.31. The number of halogens is 1. The smallest absolute Gasteiger partial charge is 0.318 e. The number of aromatic nitrogens is 4. The van der Waals surface area contributed by atoms with Crippen LogP contribution in [-0.2, 0) is 6.54 Å². The minimum atomic E-state index is -0.0579. The predicted octanol–water partition coefficient (Wildman–Crippen LogP) is 3.58. The van der Waals surface area contributed by atoms with Crippen molar-refractivity contribution in [3.05, 3.63) is 46.5 Å². The van der Waals surface area contributed by atoms with Crippen molar-refractivity contribution in [2.45, 2.75) is 39.3 Å². The largest absolute Gasteiger partial charge is 0.340 e. The Balaban J connectivity index is 1.42. The number of hydrogen-bond acceptors (Lipinski definition) is 3. The molecule has 0 saturated carbocycles. The second-order valence-electron chi connectivity index (χ2n) is 7.02. The van der Waals surface area contributed by atoms with Crippen LogP contribution in [0.3, 0.4) is 0 Å². The van der Waals surface area contributed by atoms with Gasteiger partial charge in [0.05, 0.1) is 29.3 Å². The molecule has 0 unspecified atom stereocenters. The fourth-order valence-electron chi connectivity index (χ4n) is 3.73.